The molecular weight excluding hydrogens is 471 g/mol. The van der Waals surface area contributed by atoms with Gasteiger partial charge in [0.2, 0.25) is 0 Å². The van der Waals surface area contributed by atoms with Crippen LogP contribution in [0.5, 0.6) is 0 Å². The van der Waals surface area contributed by atoms with E-state index in [1.165, 1.54) is 0 Å². The quantitative estimate of drug-likeness (QED) is 0.362. The van der Waals surface area contributed by atoms with E-state index in [2.05, 4.69) is 0 Å². The Morgan fingerprint density at radius 2 is 1.13 bits per heavy atom. The number of halogens is 13. The van der Waals surface area contributed by atoms with Gasteiger partial charge in [-0.1, -0.05) is 24.3 Å². The van der Waals surface area contributed by atoms with Crippen molar-refractivity contribution in [1.29, 1.82) is 0 Å². The summed E-state index contributed by atoms with van der Waals surface area (Å²) in [6, 6.07) is 3.20. The molecule has 0 heterocycles. The van der Waals surface area contributed by atoms with Gasteiger partial charge in [0.25, 0.3) is 0 Å². The van der Waals surface area contributed by atoms with Crippen LogP contribution in [0.15, 0.2) is 24.3 Å². The molecule has 0 aliphatic carbocycles. The molecule has 0 radical (unpaired) electrons. The topological polar surface area (TPSA) is 37.3 Å². The van der Waals surface area contributed by atoms with Gasteiger partial charge in [-0.05, 0) is 12.5 Å². The molecule has 0 saturated carbocycles. The predicted molar refractivity (Wildman–Crippen MR) is 76.8 cm³/mol. The van der Waals surface area contributed by atoms with Crippen LogP contribution >= 0.6 is 0 Å². The lowest BCUT2D eigenvalue weighted by Gasteiger charge is -2.40. The molecule has 0 bridgehead atoms. The Balaban J connectivity index is 3.31. The van der Waals surface area contributed by atoms with E-state index in [0.717, 1.165) is 19.1 Å². The van der Waals surface area contributed by atoms with E-state index in [4.69, 9.17) is 0 Å². The number of carbonyl (C=O) groups is 1. The standard InChI is InChI=1S/C16H11F13O2/c1-7(30)8-2-4-9(5-3-8)10(31)6-11(17,18)12(19,20)13(21,22)14(23,24)15(25,26)16(27,28)29/h2-5,10,31H,6H2,1H3. The highest BCUT2D eigenvalue weighted by atomic mass is 19.4. The highest BCUT2D eigenvalue weighted by Crippen LogP contribution is 2.61. The first-order valence-electron chi connectivity index (χ1n) is 7.79. The van der Waals surface area contributed by atoms with Gasteiger partial charge in [-0.3, -0.25) is 4.79 Å². The summed E-state index contributed by atoms with van der Waals surface area (Å²) in [4.78, 5) is 11.1. The molecule has 0 fully saturated rings. The minimum Gasteiger partial charge on any atom is -0.388 e. The maximum atomic E-state index is 13.8. The molecular formula is C16H11F13O2. The van der Waals surface area contributed by atoms with Crippen molar-refractivity contribution in [2.75, 3.05) is 0 Å². The van der Waals surface area contributed by atoms with E-state index in [9.17, 15) is 67.0 Å². The molecule has 15 heteroatoms. The Labute approximate surface area is 164 Å². The van der Waals surface area contributed by atoms with Crippen LogP contribution in [0.3, 0.4) is 0 Å². The normalized spacial score (nSPS) is 15.7. The Kier molecular flexibility index (Phi) is 6.80. The van der Waals surface area contributed by atoms with Gasteiger partial charge in [0.15, 0.2) is 5.78 Å². The molecule has 178 valence electrons. The van der Waals surface area contributed by atoms with Gasteiger partial charge in [0.05, 0.1) is 6.10 Å². The van der Waals surface area contributed by atoms with E-state index in [-0.39, 0.29) is 5.56 Å². The Morgan fingerprint density at radius 3 is 1.48 bits per heavy atom. The number of benzene rings is 1. The highest BCUT2D eigenvalue weighted by molar-refractivity contribution is 5.94. The van der Waals surface area contributed by atoms with Crippen molar-refractivity contribution in [1.82, 2.24) is 0 Å². The van der Waals surface area contributed by atoms with Crippen LogP contribution in [0.1, 0.15) is 35.4 Å². The third kappa shape index (κ3) is 4.32. The average Bonchev–Trinajstić information content (AvgIpc) is 2.59. The smallest absolute Gasteiger partial charge is 0.388 e. The molecule has 31 heavy (non-hydrogen) atoms. The Bertz CT molecular complexity index is 797. The van der Waals surface area contributed by atoms with Gasteiger partial charge in [-0.15, -0.1) is 0 Å². The maximum Gasteiger partial charge on any atom is 0.460 e. The van der Waals surface area contributed by atoms with Crippen LogP contribution in [0.2, 0.25) is 0 Å². The second kappa shape index (κ2) is 7.81. The van der Waals surface area contributed by atoms with Gasteiger partial charge in [-0.2, -0.15) is 57.1 Å². The molecule has 1 atom stereocenters. The van der Waals surface area contributed by atoms with Crippen LogP contribution in [0.4, 0.5) is 57.1 Å². The van der Waals surface area contributed by atoms with Gasteiger partial charge in [-0.25, -0.2) is 0 Å². The van der Waals surface area contributed by atoms with Crippen LogP contribution in [-0.2, 0) is 0 Å². The summed E-state index contributed by atoms with van der Waals surface area (Å²) < 4.78 is 169. The van der Waals surface area contributed by atoms with E-state index in [1.54, 1.807) is 0 Å². The summed E-state index contributed by atoms with van der Waals surface area (Å²) >= 11 is 0. The molecule has 0 aromatic heterocycles. The number of aliphatic hydroxyl groups is 1. The summed E-state index contributed by atoms with van der Waals surface area (Å²) in [5.41, 5.74) is -0.759. The van der Waals surface area contributed by atoms with Crippen LogP contribution in [0, 0.1) is 0 Å². The van der Waals surface area contributed by atoms with Crippen LogP contribution in [-0.4, -0.2) is 46.7 Å². The molecule has 0 saturated heterocycles. The Hall–Kier alpha value is -2.06. The van der Waals surface area contributed by atoms with Crippen molar-refractivity contribution in [2.24, 2.45) is 0 Å². The number of aliphatic hydroxyl groups excluding tert-OH is 1. The first kappa shape index (κ1) is 27.0. The van der Waals surface area contributed by atoms with E-state index in [0.29, 0.717) is 12.1 Å². The number of carbonyl (C=O) groups excluding carboxylic acids is 1. The van der Waals surface area contributed by atoms with Crippen molar-refractivity contribution in [2.45, 2.75) is 55.2 Å². The largest absolute Gasteiger partial charge is 0.460 e. The second-order valence-electron chi connectivity index (χ2n) is 6.40. The maximum absolute atomic E-state index is 13.8. The monoisotopic (exact) mass is 482 g/mol. The first-order valence-corrected chi connectivity index (χ1v) is 7.79. The number of ketones is 1. The van der Waals surface area contributed by atoms with Crippen molar-refractivity contribution in [3.8, 4) is 0 Å². The lowest BCUT2D eigenvalue weighted by Crippen LogP contribution is -2.70. The summed E-state index contributed by atoms with van der Waals surface area (Å²) in [7, 11) is 0. The number of hydrogen-bond acceptors (Lipinski definition) is 2. The molecule has 1 N–H and O–H groups in total. The lowest BCUT2D eigenvalue weighted by atomic mass is 9.90. The zero-order valence-electron chi connectivity index (χ0n) is 14.9. The molecule has 1 unspecified atom stereocenters. The summed E-state index contributed by atoms with van der Waals surface area (Å²) in [5.74, 6) is -38.1. The van der Waals surface area contributed by atoms with Crippen molar-refractivity contribution in [3.05, 3.63) is 35.4 Å². The van der Waals surface area contributed by atoms with Crippen molar-refractivity contribution in [3.63, 3.8) is 0 Å². The SMILES string of the molecule is CC(=O)c1ccc(C(O)CC(F)(F)C(F)(F)C(F)(F)C(F)(F)C(F)(F)C(F)(F)F)cc1. The molecule has 2 nitrogen and oxygen atoms in total. The van der Waals surface area contributed by atoms with Crippen LogP contribution in [0.25, 0.3) is 0 Å². The highest BCUT2D eigenvalue weighted by Gasteiger charge is 2.90. The van der Waals surface area contributed by atoms with Gasteiger partial charge >= 0.3 is 35.8 Å². The molecule has 1 rings (SSSR count). The molecule has 0 aliphatic heterocycles. The fourth-order valence-electron chi connectivity index (χ4n) is 2.23. The molecule has 0 spiro atoms. The van der Waals surface area contributed by atoms with E-state index < -0.39 is 59.7 Å². The summed E-state index contributed by atoms with van der Waals surface area (Å²) in [5, 5.41) is 9.55. The minimum atomic E-state index is -7.99. The molecule has 0 amide bonds. The zero-order valence-corrected chi connectivity index (χ0v) is 14.9. The average molecular weight is 482 g/mol. The number of rotatable bonds is 8. The predicted octanol–water partition coefficient (Wildman–Crippen LogP) is 6.05. The molecule has 0 aliphatic rings. The third-order valence-corrected chi connectivity index (χ3v) is 4.15. The minimum absolute atomic E-state index is 0.0615. The Morgan fingerprint density at radius 1 is 0.742 bits per heavy atom. The lowest BCUT2D eigenvalue weighted by molar-refractivity contribution is -0.440. The third-order valence-electron chi connectivity index (χ3n) is 4.15. The van der Waals surface area contributed by atoms with Gasteiger partial charge < -0.3 is 5.11 Å². The van der Waals surface area contributed by atoms with Crippen LogP contribution < -0.4 is 0 Å². The number of Topliss-reactive ketones (excluding diaryl/α,β-unsaturated/α-hetero) is 1. The molecule has 1 aromatic rings. The number of alkyl halides is 13. The van der Waals surface area contributed by atoms with Gasteiger partial charge in [0, 0.05) is 12.0 Å². The van der Waals surface area contributed by atoms with Crippen molar-refractivity contribution >= 4 is 5.78 Å². The summed E-state index contributed by atoms with van der Waals surface area (Å²) in [6.07, 6.45) is -13.0. The fraction of sp³-hybridized carbons (Fsp3) is 0.562. The summed E-state index contributed by atoms with van der Waals surface area (Å²) in [6.45, 7) is 1.05. The second-order valence-corrected chi connectivity index (χ2v) is 6.40. The van der Waals surface area contributed by atoms with E-state index >= 15 is 0 Å². The fourth-order valence-corrected chi connectivity index (χ4v) is 2.23. The van der Waals surface area contributed by atoms with Crippen molar-refractivity contribution < 1.29 is 67.0 Å². The zero-order chi connectivity index (χ0) is 24.8. The van der Waals surface area contributed by atoms with E-state index in [1.807, 2.05) is 0 Å². The molecule has 1 aromatic carbocycles. The first-order chi connectivity index (χ1) is 13.5. The number of hydrogen-bond donors (Lipinski definition) is 1. The van der Waals surface area contributed by atoms with Gasteiger partial charge in [0.1, 0.15) is 0 Å².